The predicted molar refractivity (Wildman–Crippen MR) is 48.7 cm³/mol. The van der Waals surface area contributed by atoms with Gasteiger partial charge in [0.05, 0.1) is 0 Å². The first-order valence-corrected chi connectivity index (χ1v) is 3.90. The smallest absolute Gasteiger partial charge is 0.256 e. The Balaban J connectivity index is 2.62. The van der Waals surface area contributed by atoms with E-state index in [1.165, 1.54) is 0 Å². The number of anilines is 1. The van der Waals surface area contributed by atoms with Crippen LogP contribution in [0.2, 0.25) is 0 Å². The molecule has 1 aromatic rings. The van der Waals surface area contributed by atoms with Crippen molar-refractivity contribution in [3.8, 4) is 0 Å². The minimum absolute atomic E-state index is 0.00120. The highest BCUT2D eigenvalue weighted by molar-refractivity contribution is 6.31. The zero-order chi connectivity index (χ0) is 8.55. The maximum Gasteiger partial charge on any atom is 0.256 e. The number of hydrogen-bond acceptors (Lipinski definition) is 1. The van der Waals surface area contributed by atoms with E-state index in [9.17, 15) is 4.79 Å². The summed E-state index contributed by atoms with van der Waals surface area (Å²) in [5.74, 6) is -0.00120. The second-order valence-corrected chi connectivity index (χ2v) is 2.70. The van der Waals surface area contributed by atoms with Crippen LogP contribution in [-0.4, -0.2) is 5.91 Å². The van der Waals surface area contributed by atoms with Crippen molar-refractivity contribution in [2.45, 2.75) is 6.92 Å². The van der Waals surface area contributed by atoms with E-state index >= 15 is 0 Å². The summed E-state index contributed by atoms with van der Waals surface area (Å²) in [6, 6.07) is 7.70. The molecular weight excluding hydrogens is 150 g/mol. The summed E-state index contributed by atoms with van der Waals surface area (Å²) in [7, 11) is 0. The minimum Gasteiger partial charge on any atom is -0.321 e. The van der Waals surface area contributed by atoms with Crippen LogP contribution in [-0.2, 0) is 4.79 Å². The van der Waals surface area contributed by atoms with Gasteiger partial charge in [0, 0.05) is 16.8 Å². The van der Waals surface area contributed by atoms with Crippen molar-refractivity contribution < 1.29 is 4.79 Å². The second-order valence-electron chi connectivity index (χ2n) is 2.70. The van der Waals surface area contributed by atoms with Crippen molar-refractivity contribution >= 4 is 17.2 Å². The molecule has 1 aromatic carbocycles. The number of nitrogens with one attached hydrogen (secondary N) is 1. The standard InChI is InChI=1S/C10H9NO/c1-2-7-8-5-3-4-6-9(8)11-10(7)12/h2-6H,1H3,(H,11,12)/b7-2+. The van der Waals surface area contributed by atoms with Crippen molar-refractivity contribution in [1.29, 1.82) is 0 Å². The molecule has 0 saturated heterocycles. The molecule has 1 amide bonds. The summed E-state index contributed by atoms with van der Waals surface area (Å²) in [4.78, 5) is 11.3. The lowest BCUT2D eigenvalue weighted by Crippen LogP contribution is -2.03. The first kappa shape index (κ1) is 7.10. The van der Waals surface area contributed by atoms with Gasteiger partial charge in [0.2, 0.25) is 0 Å². The first-order valence-electron chi connectivity index (χ1n) is 3.90. The minimum atomic E-state index is -0.00120. The topological polar surface area (TPSA) is 29.1 Å². The third kappa shape index (κ3) is 0.848. The lowest BCUT2D eigenvalue weighted by molar-refractivity contribution is -0.110. The molecule has 2 nitrogen and oxygen atoms in total. The van der Waals surface area contributed by atoms with Crippen LogP contribution >= 0.6 is 0 Å². The van der Waals surface area contributed by atoms with Crippen molar-refractivity contribution in [2.24, 2.45) is 0 Å². The Morgan fingerprint density at radius 3 is 2.83 bits per heavy atom. The molecule has 60 valence electrons. The number of carbonyl (C=O) groups is 1. The van der Waals surface area contributed by atoms with E-state index < -0.39 is 0 Å². The van der Waals surface area contributed by atoms with E-state index in [0.717, 1.165) is 16.8 Å². The summed E-state index contributed by atoms with van der Waals surface area (Å²) in [6.07, 6.45) is 1.83. The van der Waals surface area contributed by atoms with Gasteiger partial charge < -0.3 is 5.32 Å². The second kappa shape index (κ2) is 2.48. The molecule has 0 radical (unpaired) electrons. The Morgan fingerprint density at radius 1 is 1.33 bits per heavy atom. The number of benzene rings is 1. The molecule has 0 atom stereocenters. The van der Waals surface area contributed by atoms with Crippen LogP contribution in [0.5, 0.6) is 0 Å². The lowest BCUT2D eigenvalue weighted by Gasteiger charge is -1.94. The molecule has 2 heteroatoms. The largest absolute Gasteiger partial charge is 0.321 e. The van der Waals surface area contributed by atoms with Gasteiger partial charge in [-0.1, -0.05) is 24.3 Å². The summed E-state index contributed by atoms with van der Waals surface area (Å²) >= 11 is 0. The van der Waals surface area contributed by atoms with Crippen LogP contribution in [0.3, 0.4) is 0 Å². The van der Waals surface area contributed by atoms with Gasteiger partial charge in [0.25, 0.3) is 5.91 Å². The predicted octanol–water partition coefficient (Wildman–Crippen LogP) is 2.04. The summed E-state index contributed by atoms with van der Waals surface area (Å²) in [5, 5.41) is 2.79. The third-order valence-corrected chi connectivity index (χ3v) is 2.00. The Morgan fingerprint density at radius 2 is 2.08 bits per heavy atom. The average Bonchev–Trinajstić information content (AvgIpc) is 2.40. The van der Waals surface area contributed by atoms with Gasteiger partial charge in [0.15, 0.2) is 0 Å². The Kier molecular flexibility index (Phi) is 1.47. The first-order chi connectivity index (χ1) is 5.83. The molecule has 0 saturated carbocycles. The van der Waals surface area contributed by atoms with Crippen LogP contribution < -0.4 is 5.32 Å². The van der Waals surface area contributed by atoms with E-state index in [4.69, 9.17) is 0 Å². The monoisotopic (exact) mass is 159 g/mol. The van der Waals surface area contributed by atoms with Crippen molar-refractivity contribution in [3.63, 3.8) is 0 Å². The van der Waals surface area contributed by atoms with Gasteiger partial charge in [-0.2, -0.15) is 0 Å². The maximum absolute atomic E-state index is 11.3. The van der Waals surface area contributed by atoms with Gasteiger partial charge in [-0.05, 0) is 13.0 Å². The van der Waals surface area contributed by atoms with E-state index in [1.807, 2.05) is 37.3 Å². The van der Waals surface area contributed by atoms with E-state index in [0.29, 0.717) is 0 Å². The molecule has 0 spiro atoms. The summed E-state index contributed by atoms with van der Waals surface area (Å²) < 4.78 is 0. The van der Waals surface area contributed by atoms with Gasteiger partial charge in [-0.15, -0.1) is 0 Å². The van der Waals surface area contributed by atoms with Crippen molar-refractivity contribution in [1.82, 2.24) is 0 Å². The molecule has 1 heterocycles. The molecule has 1 N–H and O–H groups in total. The van der Waals surface area contributed by atoms with Crippen molar-refractivity contribution in [3.05, 3.63) is 35.9 Å². The molecule has 0 aliphatic carbocycles. The molecule has 2 rings (SSSR count). The van der Waals surface area contributed by atoms with Gasteiger partial charge >= 0.3 is 0 Å². The zero-order valence-electron chi connectivity index (χ0n) is 6.79. The molecule has 0 unspecified atom stereocenters. The number of para-hydroxylation sites is 1. The Hall–Kier alpha value is -1.57. The molecular formula is C10H9NO. The van der Waals surface area contributed by atoms with Gasteiger partial charge in [-0.3, -0.25) is 4.79 Å². The Bertz CT molecular complexity index is 366. The van der Waals surface area contributed by atoms with Crippen LogP contribution in [0.25, 0.3) is 5.57 Å². The molecule has 0 bridgehead atoms. The summed E-state index contributed by atoms with van der Waals surface area (Å²) in [6.45, 7) is 1.87. The number of amides is 1. The normalized spacial score (nSPS) is 17.8. The van der Waals surface area contributed by atoms with E-state index in [-0.39, 0.29) is 5.91 Å². The molecule has 12 heavy (non-hydrogen) atoms. The SMILES string of the molecule is C/C=C1/C(=O)Nc2ccccc21. The number of carbonyl (C=O) groups excluding carboxylic acids is 1. The fourth-order valence-electron chi connectivity index (χ4n) is 1.43. The van der Waals surface area contributed by atoms with Crippen LogP contribution in [0, 0.1) is 0 Å². The lowest BCUT2D eigenvalue weighted by atomic mass is 10.1. The average molecular weight is 159 g/mol. The van der Waals surface area contributed by atoms with E-state index in [1.54, 1.807) is 0 Å². The number of allylic oxidation sites excluding steroid dienone is 1. The zero-order valence-corrected chi connectivity index (χ0v) is 6.79. The van der Waals surface area contributed by atoms with Gasteiger partial charge in [0.1, 0.15) is 0 Å². The van der Waals surface area contributed by atoms with Crippen LogP contribution in [0.4, 0.5) is 5.69 Å². The fraction of sp³-hybridized carbons (Fsp3) is 0.100. The van der Waals surface area contributed by atoms with Gasteiger partial charge in [-0.25, -0.2) is 0 Å². The maximum atomic E-state index is 11.3. The summed E-state index contributed by atoms with van der Waals surface area (Å²) in [5.41, 5.74) is 2.69. The van der Waals surface area contributed by atoms with E-state index in [2.05, 4.69) is 5.32 Å². The highest BCUT2D eigenvalue weighted by Crippen LogP contribution is 2.30. The van der Waals surface area contributed by atoms with Crippen LogP contribution in [0.15, 0.2) is 30.3 Å². The third-order valence-electron chi connectivity index (χ3n) is 2.00. The number of hydrogen-bond donors (Lipinski definition) is 1. The van der Waals surface area contributed by atoms with Crippen molar-refractivity contribution in [2.75, 3.05) is 5.32 Å². The highest BCUT2D eigenvalue weighted by atomic mass is 16.1. The molecule has 0 aromatic heterocycles. The highest BCUT2D eigenvalue weighted by Gasteiger charge is 2.21. The number of fused-ring (bicyclic) bond motifs is 1. The fourth-order valence-corrected chi connectivity index (χ4v) is 1.43. The molecule has 1 aliphatic heterocycles. The quantitative estimate of drug-likeness (QED) is 0.576. The Labute approximate surface area is 70.9 Å². The van der Waals surface area contributed by atoms with Crippen LogP contribution in [0.1, 0.15) is 12.5 Å². The number of rotatable bonds is 0. The molecule has 1 aliphatic rings. The molecule has 0 fully saturated rings.